The Hall–Kier alpha value is -1.72. The first-order chi connectivity index (χ1) is 11.3. The molecular weight excluding hydrogens is 454 g/mol. The maximum absolute atomic E-state index is 12.3. The molecule has 0 fully saturated rings. The molecule has 1 rings (SSSR count). The number of nitrogens with one attached hydrogen (secondary N) is 1. The maximum Gasteiger partial charge on any atom is 0.573 e. The van der Waals surface area contributed by atoms with Gasteiger partial charge in [-0.1, -0.05) is 18.6 Å². The van der Waals surface area contributed by atoms with E-state index in [0.29, 0.717) is 25.8 Å². The molecule has 142 valence electrons. The highest BCUT2D eigenvalue weighted by molar-refractivity contribution is 14.0. The lowest BCUT2D eigenvalue weighted by Gasteiger charge is -2.14. The van der Waals surface area contributed by atoms with E-state index in [1.165, 1.54) is 25.3 Å². The molecule has 1 aromatic rings. The number of guanidine groups is 1. The molecule has 0 aliphatic carbocycles. The van der Waals surface area contributed by atoms with Gasteiger partial charge in [0.05, 0.1) is 12.8 Å². The van der Waals surface area contributed by atoms with E-state index in [9.17, 15) is 18.0 Å². The summed E-state index contributed by atoms with van der Waals surface area (Å²) in [6.07, 6.45) is -2.31. The number of carbonyl (C=O) groups is 1. The molecule has 1 aromatic carbocycles. The number of unbranched alkanes of at least 4 members (excludes halogenated alkanes) is 2. The van der Waals surface area contributed by atoms with Crippen LogP contribution in [0.1, 0.15) is 25.7 Å². The average Bonchev–Trinajstić information content (AvgIpc) is 2.51. The fourth-order valence-electron chi connectivity index (χ4n) is 1.82. The SMILES string of the molecule is COC(=O)CCCCCN=C(N)Nc1ccccc1OC(F)(F)F.I. The lowest BCUT2D eigenvalue weighted by molar-refractivity contribution is -0.274. The van der Waals surface area contributed by atoms with Gasteiger partial charge in [-0.2, -0.15) is 0 Å². The van der Waals surface area contributed by atoms with Crippen molar-refractivity contribution in [3.05, 3.63) is 24.3 Å². The zero-order chi connectivity index (χ0) is 18.0. The van der Waals surface area contributed by atoms with Crippen molar-refractivity contribution >= 4 is 41.6 Å². The van der Waals surface area contributed by atoms with Crippen LogP contribution < -0.4 is 15.8 Å². The third kappa shape index (κ3) is 10.7. The highest BCUT2D eigenvalue weighted by Crippen LogP contribution is 2.29. The normalized spacial score (nSPS) is 11.4. The van der Waals surface area contributed by atoms with Gasteiger partial charge in [-0.25, -0.2) is 0 Å². The zero-order valence-corrected chi connectivity index (χ0v) is 16.0. The average molecular weight is 475 g/mol. The number of nitrogens with zero attached hydrogens (tertiary/aromatic N) is 1. The van der Waals surface area contributed by atoms with Crippen molar-refractivity contribution in [3.8, 4) is 5.75 Å². The molecule has 0 bridgehead atoms. The van der Waals surface area contributed by atoms with Gasteiger partial charge in [-0.05, 0) is 25.0 Å². The zero-order valence-electron chi connectivity index (χ0n) is 13.6. The molecule has 0 aromatic heterocycles. The van der Waals surface area contributed by atoms with Crippen LogP contribution in [0.4, 0.5) is 18.9 Å². The van der Waals surface area contributed by atoms with E-state index >= 15 is 0 Å². The van der Waals surface area contributed by atoms with Crippen LogP contribution in [0.3, 0.4) is 0 Å². The number of ether oxygens (including phenoxy) is 2. The Kier molecular flexibility index (Phi) is 11.0. The largest absolute Gasteiger partial charge is 0.573 e. The van der Waals surface area contributed by atoms with Gasteiger partial charge >= 0.3 is 12.3 Å². The number of hydrogen-bond acceptors (Lipinski definition) is 4. The number of esters is 1. The summed E-state index contributed by atoms with van der Waals surface area (Å²) in [6, 6.07) is 5.54. The van der Waals surface area contributed by atoms with Gasteiger partial charge in [0.2, 0.25) is 0 Å². The second kappa shape index (κ2) is 11.8. The molecule has 0 atom stereocenters. The van der Waals surface area contributed by atoms with E-state index in [-0.39, 0.29) is 47.3 Å². The number of hydrogen-bond donors (Lipinski definition) is 2. The Bertz CT molecular complexity index is 568. The van der Waals surface area contributed by atoms with E-state index in [0.717, 1.165) is 6.42 Å². The monoisotopic (exact) mass is 475 g/mol. The third-order valence-corrected chi connectivity index (χ3v) is 2.92. The minimum atomic E-state index is -4.79. The molecule has 25 heavy (non-hydrogen) atoms. The minimum absolute atomic E-state index is 0. The van der Waals surface area contributed by atoms with Gasteiger partial charge < -0.3 is 20.5 Å². The van der Waals surface area contributed by atoms with Crippen LogP contribution in [0.25, 0.3) is 0 Å². The van der Waals surface area contributed by atoms with Gasteiger partial charge in [-0.3, -0.25) is 9.79 Å². The van der Waals surface area contributed by atoms with Gasteiger partial charge in [0, 0.05) is 13.0 Å². The van der Waals surface area contributed by atoms with Crippen molar-refractivity contribution in [1.29, 1.82) is 0 Å². The minimum Gasteiger partial charge on any atom is -0.469 e. The summed E-state index contributed by atoms with van der Waals surface area (Å²) >= 11 is 0. The van der Waals surface area contributed by atoms with Crippen LogP contribution in [-0.4, -0.2) is 31.9 Å². The molecule has 3 N–H and O–H groups in total. The number of halogens is 4. The number of anilines is 1. The first-order valence-electron chi connectivity index (χ1n) is 7.30. The summed E-state index contributed by atoms with van der Waals surface area (Å²) in [5, 5.41) is 2.58. The van der Waals surface area contributed by atoms with E-state index in [1.54, 1.807) is 6.07 Å². The summed E-state index contributed by atoms with van der Waals surface area (Å²) in [4.78, 5) is 14.9. The molecule has 0 spiro atoms. The third-order valence-electron chi connectivity index (χ3n) is 2.92. The molecule has 0 heterocycles. The van der Waals surface area contributed by atoms with E-state index < -0.39 is 6.36 Å². The van der Waals surface area contributed by atoms with Gasteiger partial charge in [-0.15, -0.1) is 37.1 Å². The Balaban J connectivity index is 0.00000576. The number of nitrogens with two attached hydrogens (primary N) is 1. The van der Waals surface area contributed by atoms with E-state index in [2.05, 4.69) is 19.8 Å². The highest BCUT2D eigenvalue weighted by Gasteiger charge is 2.32. The van der Waals surface area contributed by atoms with Crippen LogP contribution in [0.15, 0.2) is 29.3 Å². The molecule has 0 aliphatic heterocycles. The molecule has 0 amide bonds. The molecule has 6 nitrogen and oxygen atoms in total. The summed E-state index contributed by atoms with van der Waals surface area (Å²) in [7, 11) is 1.33. The number of carbonyl (C=O) groups excluding carboxylic acids is 1. The van der Waals surface area contributed by atoms with Gasteiger partial charge in [0.1, 0.15) is 0 Å². The first-order valence-corrected chi connectivity index (χ1v) is 7.30. The Morgan fingerprint density at radius 1 is 1.24 bits per heavy atom. The van der Waals surface area contributed by atoms with Crippen LogP contribution in [0, 0.1) is 0 Å². The van der Waals surface area contributed by atoms with Gasteiger partial charge in [0.25, 0.3) is 0 Å². The summed E-state index contributed by atoms with van der Waals surface area (Å²) in [5.74, 6) is -0.664. The van der Waals surface area contributed by atoms with Crippen LogP contribution in [0.2, 0.25) is 0 Å². The number of benzene rings is 1. The van der Waals surface area contributed by atoms with Crippen LogP contribution >= 0.6 is 24.0 Å². The Morgan fingerprint density at radius 3 is 2.56 bits per heavy atom. The Morgan fingerprint density at radius 2 is 1.92 bits per heavy atom. The lowest BCUT2D eigenvalue weighted by Crippen LogP contribution is -2.24. The number of aliphatic imine (C=N–C) groups is 1. The number of rotatable bonds is 8. The highest BCUT2D eigenvalue weighted by atomic mass is 127. The second-order valence-electron chi connectivity index (χ2n) is 4.82. The lowest BCUT2D eigenvalue weighted by atomic mass is 10.2. The maximum atomic E-state index is 12.3. The van der Waals surface area contributed by atoms with E-state index in [4.69, 9.17) is 5.73 Å². The van der Waals surface area contributed by atoms with Crippen molar-refractivity contribution < 1.29 is 27.4 Å². The molecule has 10 heteroatoms. The van der Waals surface area contributed by atoms with Crippen molar-refractivity contribution in [3.63, 3.8) is 0 Å². The van der Waals surface area contributed by atoms with Crippen LogP contribution in [0.5, 0.6) is 5.75 Å². The number of para-hydroxylation sites is 2. The number of methoxy groups -OCH3 is 1. The molecule has 0 radical (unpaired) electrons. The number of alkyl halides is 3. The molecular formula is C15H21F3IN3O3. The first kappa shape index (κ1) is 23.3. The smallest absolute Gasteiger partial charge is 0.469 e. The summed E-state index contributed by atoms with van der Waals surface area (Å²) < 4.78 is 45.4. The predicted molar refractivity (Wildman–Crippen MR) is 99.1 cm³/mol. The van der Waals surface area contributed by atoms with Gasteiger partial charge in [0.15, 0.2) is 11.7 Å². The molecule has 0 unspecified atom stereocenters. The van der Waals surface area contributed by atoms with Crippen molar-refractivity contribution in [1.82, 2.24) is 0 Å². The molecule has 0 saturated carbocycles. The van der Waals surface area contributed by atoms with Crippen molar-refractivity contribution in [2.45, 2.75) is 32.0 Å². The van der Waals surface area contributed by atoms with Crippen molar-refractivity contribution in [2.75, 3.05) is 19.0 Å². The van der Waals surface area contributed by atoms with E-state index in [1.807, 2.05) is 0 Å². The predicted octanol–water partition coefficient (Wildman–Crippen LogP) is 3.66. The quantitative estimate of drug-likeness (QED) is 0.197. The second-order valence-corrected chi connectivity index (χ2v) is 4.82. The fourth-order valence-corrected chi connectivity index (χ4v) is 1.82. The van der Waals surface area contributed by atoms with Crippen molar-refractivity contribution in [2.24, 2.45) is 10.7 Å². The molecule has 0 aliphatic rings. The fraction of sp³-hybridized carbons (Fsp3) is 0.467. The standard InChI is InChI=1S/C15H20F3N3O3.HI/c1-23-13(22)9-3-2-6-10-20-14(19)21-11-7-4-5-8-12(11)24-15(16,17)18;/h4-5,7-8H,2-3,6,9-10H2,1H3,(H3,19,20,21);1H. The van der Waals surface area contributed by atoms with Crippen LogP contribution in [-0.2, 0) is 9.53 Å². The summed E-state index contributed by atoms with van der Waals surface area (Å²) in [6.45, 7) is 0.391. The summed E-state index contributed by atoms with van der Waals surface area (Å²) in [5.41, 5.74) is 5.72. The topological polar surface area (TPSA) is 85.9 Å². The Labute approximate surface area is 161 Å². The molecule has 0 saturated heterocycles.